The molecule has 0 N–H and O–H groups in total. The average Bonchev–Trinajstić information content (AvgIpc) is 2.67. The molecule has 0 unspecified atom stereocenters. The highest BCUT2D eigenvalue weighted by Gasteiger charge is 2.23. The van der Waals surface area contributed by atoms with Crippen LogP contribution in [0.3, 0.4) is 0 Å². The number of pyridine rings is 1. The largest absolute Gasteiger partial charge is 0.377 e. The number of hydrogen-bond donors (Lipinski definition) is 0. The minimum atomic E-state index is -0.217. The summed E-state index contributed by atoms with van der Waals surface area (Å²) in [6.45, 7) is 2.49. The topological polar surface area (TPSA) is 42.4 Å². The van der Waals surface area contributed by atoms with Crippen LogP contribution in [0.1, 0.15) is 35.2 Å². The molecule has 3 rings (SSSR count). The van der Waals surface area contributed by atoms with Gasteiger partial charge in [0, 0.05) is 43.2 Å². The molecule has 1 aromatic carbocycles. The quantitative estimate of drug-likeness (QED) is 0.752. The number of rotatable bonds is 6. The Morgan fingerprint density at radius 2 is 1.88 bits per heavy atom. The van der Waals surface area contributed by atoms with E-state index in [4.69, 9.17) is 4.74 Å². The summed E-state index contributed by atoms with van der Waals surface area (Å²) in [5, 5.41) is 0. The Labute approximate surface area is 147 Å². The van der Waals surface area contributed by atoms with Gasteiger partial charge in [-0.25, -0.2) is 4.39 Å². The van der Waals surface area contributed by atoms with Crippen LogP contribution in [0.5, 0.6) is 0 Å². The van der Waals surface area contributed by atoms with E-state index >= 15 is 0 Å². The summed E-state index contributed by atoms with van der Waals surface area (Å²) < 4.78 is 19.1. The van der Waals surface area contributed by atoms with Crippen LogP contribution in [-0.2, 0) is 11.3 Å². The lowest BCUT2D eigenvalue weighted by molar-refractivity contribution is 0.0637. The van der Waals surface area contributed by atoms with E-state index in [-0.39, 0.29) is 11.7 Å². The predicted molar refractivity (Wildman–Crippen MR) is 93.5 cm³/mol. The van der Waals surface area contributed by atoms with Crippen molar-refractivity contribution in [3.63, 3.8) is 0 Å². The van der Waals surface area contributed by atoms with Gasteiger partial charge in [-0.3, -0.25) is 9.78 Å². The molecule has 2 heterocycles. The van der Waals surface area contributed by atoms with Gasteiger partial charge in [0.25, 0.3) is 5.91 Å². The fourth-order valence-corrected chi connectivity index (χ4v) is 3.15. The molecule has 0 spiro atoms. The summed E-state index contributed by atoms with van der Waals surface area (Å²) in [6, 6.07) is 10.2. The van der Waals surface area contributed by atoms with E-state index < -0.39 is 0 Å². The zero-order valence-corrected chi connectivity index (χ0v) is 14.2. The number of amides is 1. The fourth-order valence-electron chi connectivity index (χ4n) is 3.15. The minimum absolute atomic E-state index is 0.0802. The molecule has 1 aliphatic heterocycles. The van der Waals surface area contributed by atoms with Crippen LogP contribution in [-0.4, -0.2) is 35.5 Å². The van der Waals surface area contributed by atoms with Gasteiger partial charge in [-0.05, 0) is 43.4 Å². The Hall–Kier alpha value is -2.27. The third-order valence-electron chi connectivity index (χ3n) is 4.71. The standard InChI is InChI=1S/C20H23FN2O2/c21-19-4-2-1-3-18(19)15-25-14-9-16-7-12-23(13-8-16)20(24)17-5-10-22-11-6-17/h1-6,10-11,16H,7-9,12-15H2. The first-order valence-electron chi connectivity index (χ1n) is 8.74. The molecule has 25 heavy (non-hydrogen) atoms. The van der Waals surface area contributed by atoms with Crippen molar-refractivity contribution in [2.45, 2.75) is 25.9 Å². The van der Waals surface area contributed by atoms with E-state index in [1.54, 1.807) is 36.7 Å². The van der Waals surface area contributed by atoms with Crippen LogP contribution < -0.4 is 0 Å². The predicted octanol–water partition coefficient (Wildman–Crippen LogP) is 3.68. The van der Waals surface area contributed by atoms with Crippen LogP contribution in [0.25, 0.3) is 0 Å². The number of carbonyl (C=O) groups excluding carboxylic acids is 1. The summed E-state index contributed by atoms with van der Waals surface area (Å²) in [5.74, 6) is 0.421. The SMILES string of the molecule is O=C(c1ccncc1)N1CCC(CCOCc2ccccc2F)CC1. The summed E-state index contributed by atoms with van der Waals surface area (Å²) in [7, 11) is 0. The molecule has 2 aromatic rings. The first-order chi connectivity index (χ1) is 12.2. The summed E-state index contributed by atoms with van der Waals surface area (Å²) in [5.41, 5.74) is 1.29. The Morgan fingerprint density at radius 3 is 2.60 bits per heavy atom. The lowest BCUT2D eigenvalue weighted by Gasteiger charge is -2.32. The van der Waals surface area contributed by atoms with E-state index in [1.807, 2.05) is 11.0 Å². The van der Waals surface area contributed by atoms with Gasteiger partial charge >= 0.3 is 0 Å². The zero-order valence-electron chi connectivity index (χ0n) is 14.2. The number of benzene rings is 1. The molecule has 0 radical (unpaired) electrons. The zero-order chi connectivity index (χ0) is 17.5. The van der Waals surface area contributed by atoms with Crippen LogP contribution >= 0.6 is 0 Å². The second-order valence-electron chi connectivity index (χ2n) is 6.40. The first-order valence-corrected chi connectivity index (χ1v) is 8.74. The van der Waals surface area contributed by atoms with E-state index in [1.165, 1.54) is 6.07 Å². The van der Waals surface area contributed by atoms with Crippen LogP contribution in [0.4, 0.5) is 4.39 Å². The van der Waals surface area contributed by atoms with Crippen LogP contribution in [0.2, 0.25) is 0 Å². The number of hydrogen-bond acceptors (Lipinski definition) is 3. The van der Waals surface area contributed by atoms with Crippen molar-refractivity contribution in [3.8, 4) is 0 Å². The average molecular weight is 342 g/mol. The molecule has 1 fully saturated rings. The van der Waals surface area contributed by atoms with Crippen LogP contribution in [0.15, 0.2) is 48.8 Å². The Morgan fingerprint density at radius 1 is 1.16 bits per heavy atom. The van der Waals surface area contributed by atoms with Crippen molar-refractivity contribution >= 4 is 5.91 Å². The fraction of sp³-hybridized carbons (Fsp3) is 0.400. The third kappa shape index (κ3) is 4.86. The van der Waals surface area contributed by atoms with E-state index in [9.17, 15) is 9.18 Å². The van der Waals surface area contributed by atoms with Crippen molar-refractivity contribution in [2.75, 3.05) is 19.7 Å². The van der Waals surface area contributed by atoms with Crippen molar-refractivity contribution in [3.05, 3.63) is 65.7 Å². The number of halogens is 1. The number of aromatic nitrogens is 1. The minimum Gasteiger partial charge on any atom is -0.377 e. The van der Waals surface area contributed by atoms with Crippen molar-refractivity contribution in [1.29, 1.82) is 0 Å². The number of piperidine rings is 1. The Balaban J connectivity index is 1.37. The molecule has 4 nitrogen and oxygen atoms in total. The van der Waals surface area contributed by atoms with Gasteiger partial charge in [0.05, 0.1) is 6.61 Å². The summed E-state index contributed by atoms with van der Waals surface area (Å²) in [4.78, 5) is 18.2. The van der Waals surface area contributed by atoms with Gasteiger partial charge in [-0.2, -0.15) is 0 Å². The second-order valence-corrected chi connectivity index (χ2v) is 6.40. The third-order valence-corrected chi connectivity index (χ3v) is 4.71. The van der Waals surface area contributed by atoms with Gasteiger partial charge in [0.2, 0.25) is 0 Å². The molecule has 0 atom stereocenters. The molecular weight excluding hydrogens is 319 g/mol. The highest BCUT2D eigenvalue weighted by molar-refractivity contribution is 5.94. The van der Waals surface area contributed by atoms with E-state index in [2.05, 4.69) is 4.98 Å². The maximum atomic E-state index is 13.5. The number of nitrogens with zero attached hydrogens (tertiary/aromatic N) is 2. The molecule has 1 aliphatic rings. The van der Waals surface area contributed by atoms with Crippen LogP contribution in [0, 0.1) is 11.7 Å². The molecule has 1 saturated heterocycles. The maximum Gasteiger partial charge on any atom is 0.253 e. The number of carbonyl (C=O) groups is 1. The summed E-state index contributed by atoms with van der Waals surface area (Å²) >= 11 is 0. The normalized spacial score (nSPS) is 15.3. The molecule has 0 aliphatic carbocycles. The number of likely N-dealkylation sites (tertiary alicyclic amines) is 1. The monoisotopic (exact) mass is 342 g/mol. The maximum absolute atomic E-state index is 13.5. The molecule has 5 heteroatoms. The van der Waals surface area contributed by atoms with Gasteiger partial charge < -0.3 is 9.64 Å². The molecular formula is C20H23FN2O2. The molecule has 1 aromatic heterocycles. The van der Waals surface area contributed by atoms with E-state index in [0.29, 0.717) is 30.3 Å². The van der Waals surface area contributed by atoms with Gasteiger partial charge in [0.1, 0.15) is 5.82 Å². The summed E-state index contributed by atoms with van der Waals surface area (Å²) in [6.07, 6.45) is 6.21. The number of ether oxygens (including phenoxy) is 1. The highest BCUT2D eigenvalue weighted by Crippen LogP contribution is 2.22. The van der Waals surface area contributed by atoms with Crippen molar-refractivity contribution in [1.82, 2.24) is 9.88 Å². The van der Waals surface area contributed by atoms with Crippen molar-refractivity contribution in [2.24, 2.45) is 5.92 Å². The highest BCUT2D eigenvalue weighted by atomic mass is 19.1. The molecule has 0 bridgehead atoms. The van der Waals surface area contributed by atoms with E-state index in [0.717, 1.165) is 32.4 Å². The Bertz CT molecular complexity index is 685. The lowest BCUT2D eigenvalue weighted by atomic mass is 9.93. The van der Waals surface area contributed by atoms with Gasteiger partial charge in [-0.1, -0.05) is 18.2 Å². The molecule has 132 valence electrons. The van der Waals surface area contributed by atoms with Gasteiger partial charge in [0.15, 0.2) is 0 Å². The molecule has 0 saturated carbocycles. The lowest BCUT2D eigenvalue weighted by Crippen LogP contribution is -2.38. The van der Waals surface area contributed by atoms with Crippen molar-refractivity contribution < 1.29 is 13.9 Å². The molecule has 1 amide bonds. The second kappa shape index (κ2) is 8.72. The Kier molecular flexibility index (Phi) is 6.12. The smallest absolute Gasteiger partial charge is 0.253 e. The first kappa shape index (κ1) is 17.5. The van der Waals surface area contributed by atoms with Gasteiger partial charge in [-0.15, -0.1) is 0 Å².